The number of likely N-dealkylation sites (N-methyl/N-ethyl adjacent to an activating group) is 1. The highest BCUT2D eigenvalue weighted by Gasteiger charge is 2.51. The van der Waals surface area contributed by atoms with Gasteiger partial charge in [-0.2, -0.15) is 11.8 Å². The number of hydrogen-bond donors (Lipinski definition) is 2. The lowest BCUT2D eigenvalue weighted by Gasteiger charge is -2.47. The van der Waals surface area contributed by atoms with Crippen LogP contribution in [0.5, 0.6) is 0 Å². The van der Waals surface area contributed by atoms with Crippen molar-refractivity contribution in [2.45, 2.75) is 107 Å². The zero-order valence-electron chi connectivity index (χ0n) is 24.0. The monoisotopic (exact) mass is 594 g/mol. The molecule has 2 aliphatic carbocycles. The summed E-state index contributed by atoms with van der Waals surface area (Å²) < 4.78 is 8.29. The zero-order chi connectivity index (χ0) is 28.7. The Bertz CT molecular complexity index is 1180. The van der Waals surface area contributed by atoms with Crippen molar-refractivity contribution in [1.82, 2.24) is 19.8 Å². The Labute approximate surface area is 245 Å². The van der Waals surface area contributed by atoms with E-state index >= 15 is 0 Å². The van der Waals surface area contributed by atoms with E-state index in [1.165, 1.54) is 0 Å². The molecule has 0 aromatic carbocycles. The van der Waals surface area contributed by atoms with Crippen LogP contribution >= 0.6 is 23.4 Å². The zero-order valence-corrected chi connectivity index (χ0v) is 25.5. The lowest BCUT2D eigenvalue weighted by Crippen LogP contribution is -2.57. The van der Waals surface area contributed by atoms with Crippen LogP contribution in [0.1, 0.15) is 63.0 Å². The van der Waals surface area contributed by atoms with Gasteiger partial charge in [-0.05, 0) is 64.2 Å². The maximum atomic E-state index is 13.5. The molecular weight excluding hydrogens is 552 g/mol. The first-order chi connectivity index (χ1) is 19.0. The maximum absolute atomic E-state index is 13.5. The summed E-state index contributed by atoms with van der Waals surface area (Å²) in [7, 11) is 1.80. The van der Waals surface area contributed by atoms with Gasteiger partial charge >= 0.3 is 5.97 Å². The first-order valence-electron chi connectivity index (χ1n) is 14.7. The number of aliphatic carboxylic acids is 1. The van der Waals surface area contributed by atoms with Crippen LogP contribution in [0.4, 0.5) is 0 Å². The summed E-state index contributed by atoms with van der Waals surface area (Å²) in [6.07, 6.45) is 5.70. The van der Waals surface area contributed by atoms with E-state index < -0.39 is 5.97 Å². The summed E-state index contributed by atoms with van der Waals surface area (Å²) in [5.41, 5.74) is 1.55. The first kappa shape index (κ1) is 29.9. The molecule has 222 valence electrons. The number of carbonyl (C=O) groups is 2. The second-order valence-electron chi connectivity index (χ2n) is 12.3. The summed E-state index contributed by atoms with van der Waals surface area (Å²) in [6.45, 7) is 6.43. The number of carboxylic acid groups (broad SMARTS) is 1. The molecular formula is C29H43ClN4O5S. The maximum Gasteiger partial charge on any atom is 0.308 e. The van der Waals surface area contributed by atoms with Gasteiger partial charge in [-0.25, -0.2) is 4.98 Å². The van der Waals surface area contributed by atoms with Crippen molar-refractivity contribution >= 4 is 35.2 Å². The number of halogens is 1. The standard InChI is InChI=1S/C29H43ClN4O5S/c1-15-11-21(27-26(31-15)23(14-40-27)29(37)38)20-12-18(30)5-8-25(20)39-10-9-34-16(2)32-24-7-6-19(33(4)17(3)35)13-22(24)28(34)36/h15,18-21,23,25-27,31H,5-14H2,1-4H3,(H,37,38). The van der Waals surface area contributed by atoms with Crippen molar-refractivity contribution in [2.75, 3.05) is 19.4 Å². The van der Waals surface area contributed by atoms with Gasteiger partial charge in [0.05, 0.1) is 30.9 Å². The third kappa shape index (κ3) is 5.96. The molecule has 2 N–H and O–H groups in total. The van der Waals surface area contributed by atoms with Gasteiger partial charge in [-0.1, -0.05) is 0 Å². The number of amides is 1. The summed E-state index contributed by atoms with van der Waals surface area (Å²) in [6, 6.07) is 0.238. The number of nitrogens with one attached hydrogen (secondary N) is 1. The number of alkyl halides is 1. The van der Waals surface area contributed by atoms with E-state index in [-0.39, 0.29) is 58.2 Å². The summed E-state index contributed by atoms with van der Waals surface area (Å²) in [5.74, 6) is 0.862. The summed E-state index contributed by atoms with van der Waals surface area (Å²) >= 11 is 8.49. The number of thioether (sulfide) groups is 1. The molecule has 2 aliphatic heterocycles. The van der Waals surface area contributed by atoms with Crippen LogP contribution in [0.25, 0.3) is 0 Å². The van der Waals surface area contributed by atoms with Gasteiger partial charge < -0.3 is 20.1 Å². The van der Waals surface area contributed by atoms with E-state index in [1.807, 2.05) is 6.92 Å². The third-order valence-electron chi connectivity index (χ3n) is 9.80. The molecule has 0 bridgehead atoms. The minimum absolute atomic E-state index is 0.00686. The molecule has 3 heterocycles. The van der Waals surface area contributed by atoms with Crippen LogP contribution in [-0.4, -0.2) is 85.7 Å². The number of carboxylic acids is 1. The van der Waals surface area contributed by atoms with E-state index in [0.29, 0.717) is 43.5 Å². The molecule has 9 unspecified atom stereocenters. The Morgan fingerprint density at radius 1 is 1.25 bits per heavy atom. The van der Waals surface area contributed by atoms with Crippen molar-refractivity contribution in [3.05, 3.63) is 27.4 Å². The van der Waals surface area contributed by atoms with Crippen molar-refractivity contribution in [1.29, 1.82) is 0 Å². The van der Waals surface area contributed by atoms with Crippen LogP contribution in [0.2, 0.25) is 0 Å². The van der Waals surface area contributed by atoms with Crippen molar-refractivity contribution in [3.63, 3.8) is 0 Å². The molecule has 4 aliphatic rings. The minimum atomic E-state index is -0.717. The number of hydrogen-bond acceptors (Lipinski definition) is 7. The molecule has 9 nitrogen and oxygen atoms in total. The lowest BCUT2D eigenvalue weighted by molar-refractivity contribution is -0.142. The molecule has 3 fully saturated rings. The van der Waals surface area contributed by atoms with Gasteiger partial charge in [0, 0.05) is 60.5 Å². The number of ether oxygens (including phenoxy) is 1. The van der Waals surface area contributed by atoms with Crippen molar-refractivity contribution in [3.8, 4) is 0 Å². The Hall–Kier alpha value is -1.62. The van der Waals surface area contributed by atoms with Gasteiger partial charge in [0.1, 0.15) is 5.82 Å². The molecule has 1 aromatic heterocycles. The Balaban J connectivity index is 1.28. The van der Waals surface area contributed by atoms with E-state index in [2.05, 4.69) is 12.2 Å². The van der Waals surface area contributed by atoms with Gasteiger partial charge in [0.15, 0.2) is 0 Å². The molecule has 1 amide bonds. The Morgan fingerprint density at radius 3 is 2.75 bits per heavy atom. The number of nitrogens with zero attached hydrogens (tertiary/aromatic N) is 3. The molecule has 5 rings (SSSR count). The lowest BCUT2D eigenvalue weighted by atomic mass is 9.70. The fourth-order valence-corrected chi connectivity index (χ4v) is 9.72. The number of rotatable bonds is 7. The van der Waals surface area contributed by atoms with E-state index in [0.717, 1.165) is 43.4 Å². The minimum Gasteiger partial charge on any atom is -0.481 e. The normalized spacial score (nSPS) is 35.6. The smallest absolute Gasteiger partial charge is 0.308 e. The van der Waals surface area contributed by atoms with Crippen LogP contribution < -0.4 is 10.9 Å². The van der Waals surface area contributed by atoms with E-state index in [4.69, 9.17) is 21.3 Å². The average Bonchev–Trinajstić information content (AvgIpc) is 3.34. The second-order valence-corrected chi connectivity index (χ2v) is 14.1. The molecule has 1 saturated carbocycles. The molecule has 2 saturated heterocycles. The van der Waals surface area contributed by atoms with E-state index in [9.17, 15) is 19.5 Å². The topological polar surface area (TPSA) is 114 Å². The predicted octanol–water partition coefficient (Wildman–Crippen LogP) is 2.86. The van der Waals surface area contributed by atoms with E-state index in [1.54, 1.807) is 35.2 Å². The molecule has 1 aromatic rings. The number of piperidine rings is 1. The van der Waals surface area contributed by atoms with Crippen molar-refractivity contribution in [2.24, 2.45) is 17.8 Å². The Morgan fingerprint density at radius 2 is 2.02 bits per heavy atom. The van der Waals surface area contributed by atoms with Crippen LogP contribution in [0.3, 0.4) is 0 Å². The van der Waals surface area contributed by atoms with Gasteiger partial charge in [-0.3, -0.25) is 19.0 Å². The number of carbonyl (C=O) groups excluding carboxylic acids is 1. The van der Waals surface area contributed by atoms with Crippen LogP contribution in [0.15, 0.2) is 4.79 Å². The molecule has 11 heteroatoms. The SMILES string of the molecule is CC(=O)N(C)C1CCc2nc(C)n(CCOC3CCC(Cl)CC3C3CC(C)NC4C(C(=O)O)CSC34)c(=O)c2C1. The highest BCUT2D eigenvalue weighted by Crippen LogP contribution is 2.48. The van der Waals surface area contributed by atoms with Gasteiger partial charge in [-0.15, -0.1) is 11.6 Å². The second kappa shape index (κ2) is 12.3. The molecule has 0 radical (unpaired) electrons. The third-order valence-corrected chi connectivity index (χ3v) is 11.8. The number of aromatic nitrogens is 2. The largest absolute Gasteiger partial charge is 0.481 e. The van der Waals surface area contributed by atoms with Gasteiger partial charge in [0.2, 0.25) is 5.91 Å². The summed E-state index contributed by atoms with van der Waals surface area (Å²) in [4.78, 5) is 43.9. The Kier molecular flexibility index (Phi) is 9.19. The molecule has 9 atom stereocenters. The van der Waals surface area contributed by atoms with Crippen molar-refractivity contribution < 1.29 is 19.4 Å². The quantitative estimate of drug-likeness (QED) is 0.463. The van der Waals surface area contributed by atoms with Crippen LogP contribution in [0, 0.1) is 24.7 Å². The number of aryl methyl sites for hydroxylation is 2. The van der Waals surface area contributed by atoms with Gasteiger partial charge in [0.25, 0.3) is 5.56 Å². The molecule has 40 heavy (non-hydrogen) atoms. The fraction of sp³-hybridized carbons (Fsp3) is 0.793. The average molecular weight is 595 g/mol. The molecule has 0 spiro atoms. The van der Waals surface area contributed by atoms with Crippen LogP contribution in [-0.2, 0) is 33.7 Å². The highest BCUT2D eigenvalue weighted by atomic mass is 35.5. The first-order valence-corrected chi connectivity index (χ1v) is 16.2. The summed E-state index contributed by atoms with van der Waals surface area (Å²) in [5, 5.41) is 13.7. The number of fused-ring (bicyclic) bond motifs is 2. The fourth-order valence-electron chi connectivity index (χ4n) is 7.57. The highest BCUT2D eigenvalue weighted by molar-refractivity contribution is 8.00. The predicted molar refractivity (Wildman–Crippen MR) is 156 cm³/mol.